The fourth-order valence-corrected chi connectivity index (χ4v) is 5.30. The van der Waals surface area contributed by atoms with Crippen LogP contribution >= 0.6 is 0 Å². The summed E-state index contributed by atoms with van der Waals surface area (Å²) in [6, 6.07) is -0.739. The number of carboxylic acids is 1. The molecule has 2 unspecified atom stereocenters. The molecule has 0 saturated carbocycles. The van der Waals surface area contributed by atoms with Gasteiger partial charge in [0.1, 0.15) is 12.6 Å². The van der Waals surface area contributed by atoms with Crippen LogP contribution in [0.1, 0.15) is 136 Å². The summed E-state index contributed by atoms with van der Waals surface area (Å²) in [6.07, 6.45) is 46.2. The fraction of sp³-hybridized carbons (Fsp3) is 0.630. The topological polar surface area (TPSA) is 102 Å². The van der Waals surface area contributed by atoms with Crippen LogP contribution in [-0.2, 0) is 28.6 Å². The van der Waals surface area contributed by atoms with E-state index in [1.807, 2.05) is 0 Å². The Kier molecular flexibility index (Phi) is 34.1. The number of aliphatic carboxylic acids is 1. The first-order chi connectivity index (χ1) is 26.1. The number of ether oxygens (including phenoxy) is 3. The van der Waals surface area contributed by atoms with Crippen LogP contribution in [0.2, 0.25) is 0 Å². The van der Waals surface area contributed by atoms with Gasteiger partial charge in [0.2, 0.25) is 0 Å². The standard InChI is InChI=1S/C46H75NO7/c1-6-8-10-12-14-16-18-19-20-21-22-23-24-25-26-27-29-30-32-34-36-44(48)53-41-42(40-52-39-38-43(46(50)51)47(3,4)5)54-45(49)37-35-33-31-28-17-15-13-11-9-7-2/h8,10,13-16,19-20,22-23,25-26,29-30,42-43H,6-7,9,11-12,17-18,21,24,27-28,31-41H2,1-5H3/b10-8+,15-13+,16-14+,20-19+,23-22+,26-25+,30-29+. The first kappa shape index (κ1) is 50.5. The van der Waals surface area contributed by atoms with Crippen molar-refractivity contribution in [1.29, 1.82) is 0 Å². The van der Waals surface area contributed by atoms with E-state index in [0.29, 0.717) is 6.42 Å². The highest BCUT2D eigenvalue weighted by Gasteiger charge is 2.25. The number of carbonyl (C=O) groups is 3. The van der Waals surface area contributed by atoms with E-state index in [0.717, 1.165) is 83.5 Å². The molecule has 0 aliphatic rings. The van der Waals surface area contributed by atoms with Gasteiger partial charge in [-0.05, 0) is 77.0 Å². The molecule has 0 saturated heterocycles. The summed E-state index contributed by atoms with van der Waals surface area (Å²) in [5, 5.41) is 11.6. The van der Waals surface area contributed by atoms with Crippen LogP contribution in [0.4, 0.5) is 0 Å². The number of carboxylic acid groups (broad SMARTS) is 1. The lowest BCUT2D eigenvalue weighted by molar-refractivity contribution is -0.889. The van der Waals surface area contributed by atoms with E-state index in [1.165, 1.54) is 12.8 Å². The van der Waals surface area contributed by atoms with Crippen molar-refractivity contribution in [3.8, 4) is 0 Å². The van der Waals surface area contributed by atoms with Crippen LogP contribution in [0.5, 0.6) is 0 Å². The number of hydrogen-bond donors (Lipinski definition) is 0. The minimum Gasteiger partial charge on any atom is -0.544 e. The monoisotopic (exact) mass is 754 g/mol. The van der Waals surface area contributed by atoms with Crippen molar-refractivity contribution < 1.29 is 38.2 Å². The molecule has 0 aliphatic heterocycles. The Balaban J connectivity index is 4.47. The van der Waals surface area contributed by atoms with Crippen molar-refractivity contribution in [3.05, 3.63) is 85.1 Å². The van der Waals surface area contributed by atoms with Crippen LogP contribution in [-0.4, -0.2) is 75.5 Å². The predicted octanol–water partition coefficient (Wildman–Crippen LogP) is 9.63. The second-order valence-electron chi connectivity index (χ2n) is 14.5. The van der Waals surface area contributed by atoms with E-state index in [1.54, 1.807) is 21.1 Å². The van der Waals surface area contributed by atoms with Crippen LogP contribution in [0.3, 0.4) is 0 Å². The molecule has 54 heavy (non-hydrogen) atoms. The molecular weight excluding hydrogens is 679 g/mol. The predicted molar refractivity (Wildman–Crippen MR) is 222 cm³/mol. The van der Waals surface area contributed by atoms with E-state index in [-0.39, 0.29) is 55.5 Å². The summed E-state index contributed by atoms with van der Waals surface area (Å²) in [6.45, 7) is 4.40. The average molecular weight is 754 g/mol. The summed E-state index contributed by atoms with van der Waals surface area (Å²) in [7, 11) is 5.37. The van der Waals surface area contributed by atoms with Crippen LogP contribution < -0.4 is 5.11 Å². The van der Waals surface area contributed by atoms with Gasteiger partial charge in [0, 0.05) is 19.3 Å². The second-order valence-corrected chi connectivity index (χ2v) is 14.5. The van der Waals surface area contributed by atoms with Crippen molar-refractivity contribution in [2.24, 2.45) is 0 Å². The first-order valence-corrected chi connectivity index (χ1v) is 20.6. The maximum Gasteiger partial charge on any atom is 0.306 e. The van der Waals surface area contributed by atoms with Crippen LogP contribution in [0.25, 0.3) is 0 Å². The molecule has 0 amide bonds. The van der Waals surface area contributed by atoms with Crippen molar-refractivity contribution >= 4 is 17.9 Å². The van der Waals surface area contributed by atoms with Gasteiger partial charge in [-0.15, -0.1) is 0 Å². The van der Waals surface area contributed by atoms with Crippen molar-refractivity contribution in [1.82, 2.24) is 0 Å². The average Bonchev–Trinajstić information content (AvgIpc) is 3.12. The number of allylic oxidation sites excluding steroid dienone is 14. The third kappa shape index (κ3) is 34.3. The highest BCUT2D eigenvalue weighted by atomic mass is 16.6. The lowest BCUT2D eigenvalue weighted by Gasteiger charge is -2.34. The maximum atomic E-state index is 12.6. The maximum absolute atomic E-state index is 12.6. The van der Waals surface area contributed by atoms with Gasteiger partial charge in [0.25, 0.3) is 0 Å². The zero-order valence-electron chi connectivity index (χ0n) is 34.6. The summed E-state index contributed by atoms with van der Waals surface area (Å²) in [5.41, 5.74) is 0. The number of rotatable bonds is 35. The number of carbonyl (C=O) groups excluding carboxylic acids is 3. The zero-order chi connectivity index (χ0) is 40.0. The summed E-state index contributed by atoms with van der Waals surface area (Å²) in [5.74, 6) is -1.84. The second kappa shape index (κ2) is 36.5. The third-order valence-electron chi connectivity index (χ3n) is 8.52. The Morgan fingerprint density at radius 1 is 0.574 bits per heavy atom. The lowest BCUT2D eigenvalue weighted by atomic mass is 10.1. The quantitative estimate of drug-likeness (QED) is 0.0275. The molecule has 0 aromatic carbocycles. The molecule has 8 heteroatoms. The van der Waals surface area contributed by atoms with Crippen LogP contribution in [0, 0.1) is 0 Å². The van der Waals surface area contributed by atoms with E-state index < -0.39 is 18.1 Å². The molecule has 0 rings (SSSR count). The highest BCUT2D eigenvalue weighted by Crippen LogP contribution is 2.11. The molecule has 0 aromatic rings. The molecule has 2 atom stereocenters. The van der Waals surface area contributed by atoms with Gasteiger partial charge < -0.3 is 28.6 Å². The van der Waals surface area contributed by atoms with Gasteiger partial charge >= 0.3 is 11.9 Å². The Hall–Kier alpha value is -3.49. The van der Waals surface area contributed by atoms with E-state index in [9.17, 15) is 19.5 Å². The number of hydrogen-bond acceptors (Lipinski definition) is 7. The fourth-order valence-electron chi connectivity index (χ4n) is 5.30. The molecule has 0 radical (unpaired) electrons. The molecule has 0 fully saturated rings. The van der Waals surface area contributed by atoms with Crippen molar-refractivity contribution in [3.63, 3.8) is 0 Å². The molecule has 0 N–H and O–H groups in total. The normalized spacial score (nSPS) is 13.9. The van der Waals surface area contributed by atoms with E-state index >= 15 is 0 Å². The SMILES string of the molecule is CC/C=C/C/C=C/C/C=C/C/C=C/C/C=C/C/C=C/CCCC(=O)OCC(COCCC(C(=O)[O-])[N+](C)(C)C)OC(=O)CCCCCC/C=C/CCCC. The molecule has 306 valence electrons. The number of likely N-dealkylation sites (N-methyl/N-ethyl adjacent to an activating group) is 1. The smallest absolute Gasteiger partial charge is 0.306 e. The number of nitrogens with zero attached hydrogens (tertiary/aromatic N) is 1. The van der Waals surface area contributed by atoms with Gasteiger partial charge in [-0.3, -0.25) is 9.59 Å². The Bertz CT molecular complexity index is 1160. The van der Waals surface area contributed by atoms with E-state index in [2.05, 4.69) is 98.9 Å². The Labute approximate surface area is 329 Å². The van der Waals surface area contributed by atoms with Gasteiger partial charge in [-0.1, -0.05) is 125 Å². The van der Waals surface area contributed by atoms with Gasteiger partial charge in [0.15, 0.2) is 6.10 Å². The molecule has 0 spiro atoms. The van der Waals surface area contributed by atoms with Crippen molar-refractivity contribution in [2.45, 2.75) is 148 Å². The summed E-state index contributed by atoms with van der Waals surface area (Å²) < 4.78 is 17.0. The van der Waals surface area contributed by atoms with E-state index in [4.69, 9.17) is 14.2 Å². The first-order valence-electron chi connectivity index (χ1n) is 20.6. The summed E-state index contributed by atoms with van der Waals surface area (Å²) in [4.78, 5) is 36.7. The van der Waals surface area contributed by atoms with Crippen molar-refractivity contribution in [2.75, 3.05) is 41.0 Å². The zero-order valence-corrected chi connectivity index (χ0v) is 34.6. The molecular formula is C46H75NO7. The highest BCUT2D eigenvalue weighted by molar-refractivity contribution is 5.70. The molecule has 8 nitrogen and oxygen atoms in total. The number of quaternary nitrogens is 1. The molecule has 0 heterocycles. The molecule has 0 bridgehead atoms. The van der Waals surface area contributed by atoms with Gasteiger partial charge in [-0.25, -0.2) is 0 Å². The lowest BCUT2D eigenvalue weighted by Crippen LogP contribution is -2.55. The Morgan fingerprint density at radius 3 is 1.59 bits per heavy atom. The third-order valence-corrected chi connectivity index (χ3v) is 8.52. The van der Waals surface area contributed by atoms with Gasteiger partial charge in [-0.2, -0.15) is 0 Å². The van der Waals surface area contributed by atoms with Gasteiger partial charge in [0.05, 0.1) is 40.3 Å². The molecule has 0 aromatic heterocycles. The Morgan fingerprint density at radius 2 is 1.06 bits per heavy atom. The largest absolute Gasteiger partial charge is 0.544 e. The molecule has 0 aliphatic carbocycles. The minimum atomic E-state index is -1.14. The van der Waals surface area contributed by atoms with Crippen LogP contribution in [0.15, 0.2) is 85.1 Å². The number of unbranched alkanes of at least 4 members (excludes halogenated alkanes) is 7. The summed E-state index contributed by atoms with van der Waals surface area (Å²) >= 11 is 0. The number of esters is 2. The minimum absolute atomic E-state index is 0.0127.